The smallest absolute Gasteiger partial charge is 0.332 e. The van der Waals surface area contributed by atoms with E-state index in [4.69, 9.17) is 9.47 Å². The third kappa shape index (κ3) is 3.80. The number of imide groups is 1. The van der Waals surface area contributed by atoms with E-state index >= 15 is 0 Å². The van der Waals surface area contributed by atoms with E-state index in [2.05, 4.69) is 10.3 Å². The summed E-state index contributed by atoms with van der Waals surface area (Å²) in [4.78, 5) is 47.3. The minimum Gasteiger partial charge on any atom is -0.493 e. The van der Waals surface area contributed by atoms with E-state index in [0.717, 1.165) is 32.6 Å². The Kier molecular flexibility index (Phi) is 6.21. The van der Waals surface area contributed by atoms with E-state index in [1.54, 1.807) is 50.3 Å². The molecule has 0 spiro atoms. The van der Waals surface area contributed by atoms with Crippen LogP contribution in [0.25, 0.3) is 10.9 Å². The average Bonchev–Trinajstić information content (AvgIpc) is 3.45. The number of nitrogens with one attached hydrogen (secondary N) is 2. The maximum Gasteiger partial charge on any atom is 0.332 e. The predicted molar refractivity (Wildman–Crippen MR) is 151 cm³/mol. The summed E-state index contributed by atoms with van der Waals surface area (Å²) in [5, 5.41) is 3.99. The summed E-state index contributed by atoms with van der Waals surface area (Å²) in [6.07, 6.45) is 1.20. The number of nitrogens with zero attached hydrogens (tertiary/aromatic N) is 2. The Morgan fingerprint density at radius 1 is 1.00 bits per heavy atom. The van der Waals surface area contributed by atoms with Gasteiger partial charge in [0, 0.05) is 24.0 Å². The molecule has 2 N–H and O–H groups in total. The number of anilines is 1. The topological polar surface area (TPSA) is 104 Å². The van der Waals surface area contributed by atoms with Gasteiger partial charge in [0.2, 0.25) is 0 Å². The molecule has 1 aromatic heterocycles. The zero-order chi connectivity index (χ0) is 28.0. The van der Waals surface area contributed by atoms with Crippen molar-refractivity contribution in [1.82, 2.24) is 15.2 Å². The molecule has 2 aliphatic rings. The molecule has 4 aromatic rings. The first-order valence-corrected chi connectivity index (χ1v) is 13.2. The van der Waals surface area contributed by atoms with Gasteiger partial charge in [0.05, 0.1) is 31.2 Å². The summed E-state index contributed by atoms with van der Waals surface area (Å²) in [6, 6.07) is 19.8. The quantitative estimate of drug-likeness (QED) is 0.340. The average molecular weight is 539 g/mol. The first kappa shape index (κ1) is 25.5. The lowest BCUT2D eigenvalue weighted by Gasteiger charge is -2.35. The van der Waals surface area contributed by atoms with Crippen molar-refractivity contribution in [3.63, 3.8) is 0 Å². The number of urea groups is 1. The fourth-order valence-electron chi connectivity index (χ4n) is 5.92. The second kappa shape index (κ2) is 9.75. The van der Waals surface area contributed by atoms with Crippen LogP contribution in [-0.4, -0.2) is 55.0 Å². The summed E-state index contributed by atoms with van der Waals surface area (Å²) in [6.45, 7) is 2.55. The summed E-state index contributed by atoms with van der Waals surface area (Å²) in [7, 11) is 3.16. The molecule has 40 heavy (non-hydrogen) atoms. The van der Waals surface area contributed by atoms with Crippen molar-refractivity contribution in [2.24, 2.45) is 0 Å². The van der Waals surface area contributed by atoms with Gasteiger partial charge in [-0.25, -0.2) is 9.69 Å². The molecule has 0 radical (unpaired) electrons. The summed E-state index contributed by atoms with van der Waals surface area (Å²) >= 11 is 0. The second-order valence-electron chi connectivity index (χ2n) is 10.1. The van der Waals surface area contributed by atoms with Crippen LogP contribution < -0.4 is 19.7 Å². The van der Waals surface area contributed by atoms with E-state index in [0.29, 0.717) is 37.4 Å². The van der Waals surface area contributed by atoms with Gasteiger partial charge < -0.3 is 24.7 Å². The van der Waals surface area contributed by atoms with Crippen LogP contribution in [0.5, 0.6) is 11.5 Å². The van der Waals surface area contributed by atoms with Crippen LogP contribution in [0.3, 0.4) is 0 Å². The van der Waals surface area contributed by atoms with Crippen LogP contribution >= 0.6 is 0 Å². The fraction of sp³-hybridized carbons (Fsp3) is 0.258. The van der Waals surface area contributed by atoms with Gasteiger partial charge in [-0.3, -0.25) is 9.59 Å². The van der Waals surface area contributed by atoms with Crippen molar-refractivity contribution in [1.29, 1.82) is 0 Å². The van der Waals surface area contributed by atoms with Gasteiger partial charge in [-0.1, -0.05) is 36.4 Å². The predicted octanol–water partition coefficient (Wildman–Crippen LogP) is 4.40. The zero-order valence-corrected chi connectivity index (χ0v) is 22.6. The van der Waals surface area contributed by atoms with Crippen LogP contribution in [0.15, 0.2) is 66.7 Å². The highest BCUT2D eigenvalue weighted by atomic mass is 16.5. The number of rotatable bonds is 7. The molecule has 3 heterocycles. The molecular weight excluding hydrogens is 508 g/mol. The summed E-state index contributed by atoms with van der Waals surface area (Å²) < 4.78 is 10.7. The molecule has 0 bridgehead atoms. The van der Waals surface area contributed by atoms with Crippen molar-refractivity contribution in [3.05, 3.63) is 89.1 Å². The van der Waals surface area contributed by atoms with E-state index in [9.17, 15) is 14.4 Å². The number of carbonyl (C=O) groups excluding carboxylic acids is 3. The number of aromatic nitrogens is 1. The lowest BCUT2D eigenvalue weighted by molar-refractivity contribution is -0.125. The first-order chi connectivity index (χ1) is 19.4. The van der Waals surface area contributed by atoms with Crippen molar-refractivity contribution in [2.75, 3.05) is 32.2 Å². The van der Waals surface area contributed by atoms with Gasteiger partial charge in [0.25, 0.3) is 11.8 Å². The lowest BCUT2D eigenvalue weighted by atomic mass is 9.87. The standard InChI is InChI=1S/C31H30N4O5/c1-31-27-21(20-8-4-6-10-23(20)33-27)15-17-34(31)30(38)35(29(31)37)24-11-7-5-9-22(24)28(36)32-16-14-19-12-13-25(39-2)26(18-19)40-3/h4-13,18,33H,14-17H2,1-3H3,(H,32,36). The van der Waals surface area contributed by atoms with E-state index < -0.39 is 11.6 Å². The van der Waals surface area contributed by atoms with Crippen LogP contribution in [0.4, 0.5) is 10.5 Å². The number of para-hydroxylation sites is 2. The maximum absolute atomic E-state index is 14.1. The van der Waals surface area contributed by atoms with Crippen LogP contribution in [0, 0.1) is 0 Å². The lowest BCUT2D eigenvalue weighted by Crippen LogP contribution is -2.49. The third-order valence-corrected chi connectivity index (χ3v) is 8.00. The molecule has 1 fully saturated rings. The number of amides is 4. The first-order valence-electron chi connectivity index (χ1n) is 13.2. The highest BCUT2D eigenvalue weighted by Crippen LogP contribution is 2.45. The number of carbonyl (C=O) groups is 3. The summed E-state index contributed by atoms with van der Waals surface area (Å²) in [5.74, 6) is 0.508. The highest BCUT2D eigenvalue weighted by molar-refractivity contribution is 6.25. The Balaban J connectivity index is 1.26. The molecule has 9 nitrogen and oxygen atoms in total. The number of hydrogen-bond acceptors (Lipinski definition) is 5. The number of benzene rings is 3. The van der Waals surface area contributed by atoms with Gasteiger partial charge in [0.15, 0.2) is 17.0 Å². The van der Waals surface area contributed by atoms with Crippen molar-refractivity contribution < 1.29 is 23.9 Å². The molecule has 1 atom stereocenters. The molecule has 1 saturated heterocycles. The zero-order valence-electron chi connectivity index (χ0n) is 22.6. The minimum absolute atomic E-state index is 0.261. The maximum atomic E-state index is 14.1. The normalized spacial score (nSPS) is 18.1. The fourth-order valence-corrected chi connectivity index (χ4v) is 5.92. The van der Waals surface area contributed by atoms with Crippen LogP contribution in [0.1, 0.15) is 34.1 Å². The molecule has 0 saturated carbocycles. The third-order valence-electron chi connectivity index (χ3n) is 8.00. The molecule has 0 aliphatic carbocycles. The number of methoxy groups -OCH3 is 2. The van der Waals surface area contributed by atoms with E-state index in [-0.39, 0.29) is 23.1 Å². The van der Waals surface area contributed by atoms with Gasteiger partial charge in [-0.15, -0.1) is 0 Å². The Bertz CT molecular complexity index is 1660. The Morgan fingerprint density at radius 3 is 2.55 bits per heavy atom. The molecule has 3 aromatic carbocycles. The minimum atomic E-state index is -1.19. The van der Waals surface area contributed by atoms with Crippen molar-refractivity contribution >= 4 is 34.4 Å². The van der Waals surface area contributed by atoms with Crippen molar-refractivity contribution in [2.45, 2.75) is 25.3 Å². The number of H-pyrrole nitrogens is 1. The largest absolute Gasteiger partial charge is 0.493 e. The molecular formula is C31H30N4O5. The van der Waals surface area contributed by atoms with Crippen LogP contribution in [-0.2, 0) is 23.2 Å². The highest BCUT2D eigenvalue weighted by Gasteiger charge is 2.59. The van der Waals surface area contributed by atoms with Gasteiger partial charge in [-0.05, 0) is 61.2 Å². The monoisotopic (exact) mass is 538 g/mol. The molecule has 1 unspecified atom stereocenters. The molecule has 2 aliphatic heterocycles. The molecule has 204 valence electrons. The number of ether oxygens (including phenoxy) is 2. The van der Waals surface area contributed by atoms with Gasteiger partial charge in [-0.2, -0.15) is 0 Å². The van der Waals surface area contributed by atoms with Crippen LogP contribution in [0.2, 0.25) is 0 Å². The number of aromatic amines is 1. The second-order valence-corrected chi connectivity index (χ2v) is 10.1. The SMILES string of the molecule is COc1ccc(CCNC(=O)c2ccccc2N2C(=O)N3CCc4c([nH]c5ccccc45)C3(C)C2=O)cc1OC. The molecule has 9 heteroatoms. The number of hydrogen-bond donors (Lipinski definition) is 2. The molecule has 4 amide bonds. The molecule has 6 rings (SSSR count). The van der Waals surface area contributed by atoms with Crippen molar-refractivity contribution in [3.8, 4) is 11.5 Å². The summed E-state index contributed by atoms with van der Waals surface area (Å²) in [5.41, 5.74) is 3.03. The Morgan fingerprint density at radius 2 is 1.75 bits per heavy atom. The van der Waals surface area contributed by atoms with E-state index in [1.807, 2.05) is 42.5 Å². The van der Waals surface area contributed by atoms with Gasteiger partial charge in [0.1, 0.15) is 0 Å². The number of fused-ring (bicyclic) bond motifs is 5. The van der Waals surface area contributed by atoms with E-state index in [1.165, 1.54) is 0 Å². The Labute approximate surface area is 231 Å². The Hall–Kier alpha value is -4.79. The van der Waals surface area contributed by atoms with Gasteiger partial charge >= 0.3 is 6.03 Å².